The number of para-hydroxylation sites is 1. The highest BCUT2D eigenvalue weighted by Gasteiger charge is 2.58. The highest BCUT2D eigenvalue weighted by Crippen LogP contribution is 2.67. The Labute approximate surface area is 144 Å². The lowest BCUT2D eigenvalue weighted by molar-refractivity contribution is 0.240. The maximum absolute atomic E-state index is 11.7. The van der Waals surface area contributed by atoms with E-state index in [-0.39, 0.29) is 11.4 Å². The number of fused-ring (bicyclic) bond motifs is 1. The van der Waals surface area contributed by atoms with Gasteiger partial charge in [-0.25, -0.2) is 4.79 Å². The minimum atomic E-state index is -0.0462. The first-order valence-corrected chi connectivity index (χ1v) is 9.05. The Morgan fingerprint density at radius 3 is 2.67 bits per heavy atom. The summed E-state index contributed by atoms with van der Waals surface area (Å²) >= 11 is 0. The summed E-state index contributed by atoms with van der Waals surface area (Å²) in [5.41, 5.74) is 4.27. The van der Waals surface area contributed by atoms with Gasteiger partial charge in [0.15, 0.2) is 0 Å². The van der Waals surface area contributed by atoms with E-state index in [4.69, 9.17) is 0 Å². The lowest BCUT2D eigenvalue weighted by Crippen LogP contribution is -2.36. The monoisotopic (exact) mass is 327 g/mol. The maximum Gasteiger partial charge on any atom is 0.314 e. The zero-order valence-corrected chi connectivity index (χ0v) is 15.2. The van der Waals surface area contributed by atoms with E-state index in [1.54, 1.807) is 0 Å². The minimum absolute atomic E-state index is 0.0462. The van der Waals surface area contributed by atoms with Crippen LogP contribution in [0.2, 0.25) is 0 Å². The van der Waals surface area contributed by atoms with Crippen molar-refractivity contribution in [2.24, 2.45) is 11.3 Å². The normalized spacial score (nSPS) is 21.7. The molecule has 1 aromatic heterocycles. The van der Waals surface area contributed by atoms with Crippen molar-refractivity contribution < 1.29 is 4.79 Å². The molecular formula is C20H29N3O. The van der Waals surface area contributed by atoms with Gasteiger partial charge in [0.2, 0.25) is 0 Å². The second kappa shape index (κ2) is 6.50. The topological polar surface area (TPSA) is 56.9 Å². The van der Waals surface area contributed by atoms with Gasteiger partial charge in [0.05, 0.1) is 0 Å². The second-order valence-electron chi connectivity index (χ2n) is 7.59. The third-order valence-electron chi connectivity index (χ3n) is 5.58. The predicted octanol–water partition coefficient (Wildman–Crippen LogP) is 4.32. The molecule has 4 nitrogen and oxygen atoms in total. The van der Waals surface area contributed by atoms with Gasteiger partial charge in [0.1, 0.15) is 0 Å². The van der Waals surface area contributed by atoms with Gasteiger partial charge in [0.25, 0.3) is 0 Å². The number of aromatic amines is 1. The van der Waals surface area contributed by atoms with Gasteiger partial charge in [-0.15, -0.1) is 0 Å². The van der Waals surface area contributed by atoms with E-state index in [1.807, 2.05) is 0 Å². The quantitative estimate of drug-likeness (QED) is 0.727. The van der Waals surface area contributed by atoms with Crippen LogP contribution in [0.1, 0.15) is 50.8 Å². The van der Waals surface area contributed by atoms with E-state index < -0.39 is 0 Å². The van der Waals surface area contributed by atoms with Gasteiger partial charge in [0, 0.05) is 29.7 Å². The van der Waals surface area contributed by atoms with Crippen LogP contribution >= 0.6 is 0 Å². The molecule has 24 heavy (non-hydrogen) atoms. The van der Waals surface area contributed by atoms with Crippen LogP contribution in [0.3, 0.4) is 0 Å². The molecule has 1 fully saturated rings. The number of hydrogen-bond acceptors (Lipinski definition) is 1. The van der Waals surface area contributed by atoms with Gasteiger partial charge in [-0.3, -0.25) is 0 Å². The van der Waals surface area contributed by atoms with Crippen molar-refractivity contribution in [3.05, 3.63) is 35.5 Å². The average Bonchev–Trinajstić information content (AvgIpc) is 2.91. The number of rotatable bonds is 6. The molecule has 3 N–H and O–H groups in total. The van der Waals surface area contributed by atoms with Crippen LogP contribution in [0.25, 0.3) is 10.9 Å². The molecule has 0 spiro atoms. The van der Waals surface area contributed by atoms with E-state index in [0.29, 0.717) is 11.8 Å². The summed E-state index contributed by atoms with van der Waals surface area (Å²) in [5, 5.41) is 7.20. The molecule has 1 aliphatic rings. The van der Waals surface area contributed by atoms with E-state index in [9.17, 15) is 4.79 Å². The van der Waals surface area contributed by atoms with Crippen LogP contribution in [-0.2, 0) is 0 Å². The van der Waals surface area contributed by atoms with E-state index in [1.165, 1.54) is 22.2 Å². The molecule has 3 rings (SSSR count). The van der Waals surface area contributed by atoms with Crippen molar-refractivity contribution in [1.29, 1.82) is 0 Å². The Hall–Kier alpha value is -1.97. The van der Waals surface area contributed by atoms with Gasteiger partial charge < -0.3 is 15.6 Å². The largest absolute Gasteiger partial charge is 0.358 e. The molecule has 4 heteroatoms. The lowest BCUT2D eigenvalue weighted by atomic mass is 10.0. The van der Waals surface area contributed by atoms with E-state index in [2.05, 4.69) is 67.6 Å². The summed E-state index contributed by atoms with van der Waals surface area (Å²) < 4.78 is 0. The molecule has 1 saturated carbocycles. The molecule has 1 heterocycles. The fraction of sp³-hybridized carbons (Fsp3) is 0.550. The summed E-state index contributed by atoms with van der Waals surface area (Å²) in [6, 6.07) is 8.51. The molecule has 2 aromatic rings. The molecule has 0 radical (unpaired) electrons. The highest BCUT2D eigenvalue weighted by molar-refractivity contribution is 5.86. The average molecular weight is 327 g/mol. The summed E-state index contributed by atoms with van der Waals surface area (Å²) in [5.74, 6) is 1.18. The molecular weight excluding hydrogens is 298 g/mol. The Bertz CT molecular complexity index is 732. The molecule has 2 amide bonds. The highest BCUT2D eigenvalue weighted by atomic mass is 16.2. The number of amides is 2. The van der Waals surface area contributed by atoms with Gasteiger partial charge in [-0.1, -0.05) is 39.0 Å². The molecule has 0 saturated heterocycles. The Kier molecular flexibility index (Phi) is 4.57. The molecule has 2 unspecified atom stereocenters. The molecule has 1 aliphatic carbocycles. The van der Waals surface area contributed by atoms with Crippen LogP contribution in [0.15, 0.2) is 24.3 Å². The van der Waals surface area contributed by atoms with E-state index in [0.717, 1.165) is 25.9 Å². The SMILES string of the molecule is CCCNC(=O)NCCC1C(c2c(C)[nH]c3ccccc23)C1(C)C. The van der Waals surface area contributed by atoms with Crippen LogP contribution in [0.4, 0.5) is 4.79 Å². The molecule has 0 aliphatic heterocycles. The molecule has 0 bridgehead atoms. The van der Waals surface area contributed by atoms with Crippen molar-refractivity contribution in [1.82, 2.24) is 15.6 Å². The number of benzene rings is 1. The van der Waals surface area contributed by atoms with Crippen LogP contribution in [0, 0.1) is 18.3 Å². The molecule has 130 valence electrons. The Morgan fingerprint density at radius 1 is 1.21 bits per heavy atom. The summed E-state index contributed by atoms with van der Waals surface area (Å²) in [7, 11) is 0. The summed E-state index contributed by atoms with van der Waals surface area (Å²) in [6.45, 7) is 10.4. The number of aromatic nitrogens is 1. The fourth-order valence-corrected chi connectivity index (χ4v) is 4.20. The van der Waals surface area contributed by atoms with Crippen LogP contribution < -0.4 is 10.6 Å². The first-order chi connectivity index (χ1) is 11.5. The number of carbonyl (C=O) groups excluding carboxylic acids is 1. The third kappa shape index (κ3) is 3.02. The van der Waals surface area contributed by atoms with Crippen molar-refractivity contribution in [2.45, 2.75) is 46.5 Å². The van der Waals surface area contributed by atoms with Gasteiger partial charge in [-0.2, -0.15) is 0 Å². The Balaban J connectivity index is 1.66. The van der Waals surface area contributed by atoms with Crippen LogP contribution in [-0.4, -0.2) is 24.1 Å². The lowest BCUT2D eigenvalue weighted by Gasteiger charge is -2.07. The standard InChI is InChI=1S/C20H29N3O/c1-5-11-21-19(24)22-12-10-15-18(20(15,3)4)17-13(2)23-16-9-7-6-8-14(16)17/h6-9,15,18,23H,5,10-12H2,1-4H3,(H2,21,22,24). The number of urea groups is 1. The first kappa shape index (κ1) is 16.9. The van der Waals surface area contributed by atoms with Crippen molar-refractivity contribution in [3.8, 4) is 0 Å². The third-order valence-corrected chi connectivity index (χ3v) is 5.58. The maximum atomic E-state index is 11.7. The predicted molar refractivity (Wildman–Crippen MR) is 99.4 cm³/mol. The smallest absolute Gasteiger partial charge is 0.314 e. The van der Waals surface area contributed by atoms with Crippen molar-refractivity contribution in [3.63, 3.8) is 0 Å². The summed E-state index contributed by atoms with van der Waals surface area (Å²) in [6.07, 6.45) is 1.99. The molecule has 2 atom stereocenters. The second-order valence-corrected chi connectivity index (χ2v) is 7.59. The summed E-state index contributed by atoms with van der Waals surface area (Å²) in [4.78, 5) is 15.2. The number of hydrogen-bond donors (Lipinski definition) is 3. The van der Waals surface area contributed by atoms with Gasteiger partial charge >= 0.3 is 6.03 Å². The number of nitrogens with one attached hydrogen (secondary N) is 3. The zero-order valence-electron chi connectivity index (χ0n) is 15.2. The van der Waals surface area contributed by atoms with Crippen LogP contribution in [0.5, 0.6) is 0 Å². The Morgan fingerprint density at radius 2 is 1.92 bits per heavy atom. The number of aryl methyl sites for hydroxylation is 1. The minimum Gasteiger partial charge on any atom is -0.358 e. The van der Waals surface area contributed by atoms with E-state index >= 15 is 0 Å². The van der Waals surface area contributed by atoms with Gasteiger partial charge in [-0.05, 0) is 48.6 Å². The van der Waals surface area contributed by atoms with Crippen molar-refractivity contribution in [2.75, 3.05) is 13.1 Å². The molecule has 1 aromatic carbocycles. The van der Waals surface area contributed by atoms with Crippen molar-refractivity contribution >= 4 is 16.9 Å². The number of carbonyl (C=O) groups is 1. The number of H-pyrrole nitrogens is 1. The fourth-order valence-electron chi connectivity index (χ4n) is 4.20. The zero-order chi connectivity index (χ0) is 17.3. The first-order valence-electron chi connectivity index (χ1n) is 9.05.